The van der Waals surface area contributed by atoms with Gasteiger partial charge in [0.05, 0.1) is 103 Å². The topological polar surface area (TPSA) is 309 Å². The molecule has 8 aromatic heterocycles. The number of Topliss-reactive ketones (excluding diaryl/α,β-unsaturated/α-hetero) is 1. The Morgan fingerprint density at radius 3 is 1.26 bits per heavy atom. The Morgan fingerprint density at radius 2 is 0.885 bits per heavy atom. The summed E-state index contributed by atoms with van der Waals surface area (Å²) in [7, 11) is 0. The Hall–Kier alpha value is -11.8. The predicted molar refractivity (Wildman–Crippen MR) is 505 cm³/mol. The van der Waals surface area contributed by atoms with Crippen molar-refractivity contribution in [1.82, 2.24) is 82.6 Å². The Balaban J connectivity index is 0.000000152. The molecule has 0 radical (unpaired) electrons. The number of carboxylic acid groups (broad SMARTS) is 1. The van der Waals surface area contributed by atoms with E-state index in [2.05, 4.69) is 141 Å². The summed E-state index contributed by atoms with van der Waals surface area (Å²) in [5.41, 5.74) is 18.0. The van der Waals surface area contributed by atoms with Crippen LogP contribution in [0.1, 0.15) is 244 Å². The average Bonchev–Trinajstić information content (AvgIpc) is 1.76. The molecule has 0 unspecified atom stereocenters. The number of nitrogens with two attached hydrogens (primary N) is 1. The number of nitrogens with zero attached hydrogens (tertiary/aromatic N) is 18. The summed E-state index contributed by atoms with van der Waals surface area (Å²) in [6.45, 7) is 29.5. The molecule has 5 fully saturated rings. The molecule has 13 aromatic rings. The fourth-order valence-corrected chi connectivity index (χ4v) is 15.4. The van der Waals surface area contributed by atoms with Crippen LogP contribution in [0.3, 0.4) is 0 Å². The summed E-state index contributed by atoms with van der Waals surface area (Å²) in [4.78, 5) is 88.0. The van der Waals surface area contributed by atoms with Crippen molar-refractivity contribution in [2.75, 3.05) is 29.0 Å². The van der Waals surface area contributed by atoms with Crippen molar-refractivity contribution in [1.29, 1.82) is 0 Å². The monoisotopic (exact) mass is 1960 g/mol. The second-order valence-corrected chi connectivity index (χ2v) is 36.1. The van der Waals surface area contributed by atoms with Gasteiger partial charge in [-0.2, -0.15) is 0 Å². The first kappa shape index (κ1) is 99.8. The highest BCUT2D eigenvalue weighted by atomic mass is 79.9. The largest absolute Gasteiger partial charge is 0.478 e. The maximum Gasteiger partial charge on any atom is 0.338 e. The molecule has 0 bridgehead atoms. The van der Waals surface area contributed by atoms with Gasteiger partial charge < -0.3 is 48.5 Å². The first-order chi connectivity index (χ1) is 62.0. The third-order valence-corrected chi connectivity index (χ3v) is 23.9. The number of carbonyl (C=O) groups excluding carboxylic acids is 4. The van der Waals surface area contributed by atoms with E-state index in [0.717, 1.165) is 107 Å². The van der Waals surface area contributed by atoms with Gasteiger partial charge in [-0.15, -0.1) is 32.8 Å². The molecular formula is C96H107Br2Cl2F5N20O6. The van der Waals surface area contributed by atoms with Crippen LogP contribution in [-0.2, 0) is 9.59 Å². The number of imidazole rings is 4. The SMILES string of the molecule is CC(C)n1cnnc1-c1cccc(N)n1.CCN(C(C)C)C(C)C.Cc1cc(F)c(Br)cc1-n1cnc(C2CC2)c1.Cc1cc(F)c(Br)cc1N(C=O)CC(=O)C1CC1.Cc1cc(F)c(C(=O)Cl)cc1-n1cnc(C2CC2)c1.Cc1cc(F)c(C(=O)Nc2cccc(-c3nncn3C(C)C)n2)cc1-n1cnc(C2CC2)c1.Cc1cc(F)c(C(=O)O)cc1-n1cnc(C2CC2)c1.Cl. The molecule has 5 aromatic carbocycles. The number of hydrogen-bond acceptors (Lipinski definition) is 17. The number of carboxylic acids is 1. The first-order valence-corrected chi connectivity index (χ1v) is 45.2. The van der Waals surface area contributed by atoms with Crippen LogP contribution in [-0.4, -0.2) is 142 Å². The number of aromatic nitrogens is 16. The van der Waals surface area contributed by atoms with Crippen molar-refractivity contribution >= 4 is 103 Å². The van der Waals surface area contributed by atoms with E-state index in [1.54, 1.807) is 99.7 Å². The van der Waals surface area contributed by atoms with Crippen molar-refractivity contribution < 1.29 is 51.0 Å². The number of benzene rings is 5. The number of nitrogens with one attached hydrogen (secondary N) is 1. The van der Waals surface area contributed by atoms with E-state index in [0.29, 0.717) is 104 Å². The molecule has 26 nitrogen and oxygen atoms in total. The molecule has 4 N–H and O–H groups in total. The summed E-state index contributed by atoms with van der Waals surface area (Å²) < 4.78 is 80.6. The van der Waals surface area contributed by atoms with Crippen LogP contribution in [0.5, 0.6) is 0 Å². The van der Waals surface area contributed by atoms with Gasteiger partial charge in [-0.3, -0.25) is 24.1 Å². The second kappa shape index (κ2) is 44.4. The normalized spacial score (nSPS) is 13.7. The van der Waals surface area contributed by atoms with Crippen LogP contribution in [0, 0.1) is 69.6 Å². The summed E-state index contributed by atoms with van der Waals surface area (Å²) in [5, 5.41) is 26.9. The van der Waals surface area contributed by atoms with Crippen LogP contribution in [0.15, 0.2) is 169 Å². The second-order valence-electron chi connectivity index (χ2n) is 34.1. The minimum absolute atomic E-state index is 0. The Labute approximate surface area is 785 Å². The number of carbonyl (C=O) groups is 5. The third-order valence-electron chi connectivity index (χ3n) is 22.5. The van der Waals surface area contributed by atoms with Gasteiger partial charge in [0.25, 0.3) is 11.1 Å². The van der Waals surface area contributed by atoms with E-state index in [1.807, 2.05) is 87.5 Å². The number of rotatable bonds is 24. The van der Waals surface area contributed by atoms with Gasteiger partial charge in [0, 0.05) is 84.2 Å². The van der Waals surface area contributed by atoms with Gasteiger partial charge >= 0.3 is 5.97 Å². The smallest absolute Gasteiger partial charge is 0.338 e. The van der Waals surface area contributed by atoms with Gasteiger partial charge in [-0.05, 0) is 317 Å². The number of pyridine rings is 2. The quantitative estimate of drug-likeness (QED) is 0.0287. The van der Waals surface area contributed by atoms with Crippen LogP contribution in [0.2, 0.25) is 0 Å². The number of hydrogen-bond donors (Lipinski definition) is 3. The van der Waals surface area contributed by atoms with Gasteiger partial charge in [0.1, 0.15) is 64.8 Å². The van der Waals surface area contributed by atoms with Crippen LogP contribution in [0.4, 0.5) is 39.3 Å². The van der Waals surface area contributed by atoms with Crippen molar-refractivity contribution in [3.8, 4) is 45.8 Å². The molecule has 0 aliphatic heterocycles. The van der Waals surface area contributed by atoms with Crippen molar-refractivity contribution in [3.63, 3.8) is 0 Å². The fourth-order valence-electron chi connectivity index (χ4n) is 14.6. The lowest BCUT2D eigenvalue weighted by Crippen LogP contribution is -2.36. The van der Waals surface area contributed by atoms with Gasteiger partial charge in [0.2, 0.25) is 6.41 Å². The number of ketones is 1. The molecule has 5 saturated carbocycles. The summed E-state index contributed by atoms with van der Waals surface area (Å²) in [6.07, 6.45) is 29.9. The summed E-state index contributed by atoms with van der Waals surface area (Å²) in [5.74, 6) is 0.199. The molecule has 690 valence electrons. The first-order valence-electron chi connectivity index (χ1n) is 43.2. The fraction of sp³-hybridized carbons (Fsp3) is 0.365. The molecular weight excluding hydrogens is 1850 g/mol. The van der Waals surface area contributed by atoms with E-state index in [1.165, 1.54) is 79.1 Å². The lowest BCUT2D eigenvalue weighted by molar-refractivity contribution is -0.120. The molecule has 5 aliphatic rings. The maximum atomic E-state index is 14.8. The van der Waals surface area contributed by atoms with E-state index >= 15 is 0 Å². The lowest BCUT2D eigenvalue weighted by atomic mass is 10.1. The summed E-state index contributed by atoms with van der Waals surface area (Å²) in [6, 6.07) is 27.0. The minimum Gasteiger partial charge on any atom is -0.478 e. The molecule has 2 amide bonds. The maximum absolute atomic E-state index is 14.8. The van der Waals surface area contributed by atoms with E-state index < -0.39 is 34.6 Å². The van der Waals surface area contributed by atoms with Crippen molar-refractivity contribution in [2.24, 2.45) is 5.92 Å². The zero-order chi connectivity index (χ0) is 93.8. The number of aromatic carboxylic acids is 1. The molecule has 18 rings (SSSR count). The Morgan fingerprint density at radius 1 is 0.511 bits per heavy atom. The Bertz CT molecular complexity index is 6100. The molecule has 5 aliphatic carbocycles. The van der Waals surface area contributed by atoms with Crippen LogP contribution < -0.4 is 16.0 Å². The molecule has 0 atom stereocenters. The molecule has 0 saturated heterocycles. The lowest BCUT2D eigenvalue weighted by Gasteiger charge is -2.28. The number of anilines is 3. The predicted octanol–water partition coefficient (Wildman–Crippen LogP) is 22.0. The summed E-state index contributed by atoms with van der Waals surface area (Å²) >= 11 is 11.7. The molecule has 35 heteroatoms. The van der Waals surface area contributed by atoms with Crippen LogP contribution >= 0.6 is 55.9 Å². The van der Waals surface area contributed by atoms with Crippen molar-refractivity contribution in [3.05, 3.63) is 265 Å². The van der Waals surface area contributed by atoms with Gasteiger partial charge in [-0.1, -0.05) is 19.1 Å². The van der Waals surface area contributed by atoms with Gasteiger partial charge in [-0.25, -0.2) is 56.7 Å². The third kappa shape index (κ3) is 26.1. The number of nitrogen functional groups attached to an aromatic ring is 1. The highest BCUT2D eigenvalue weighted by Gasteiger charge is 2.33. The molecule has 131 heavy (non-hydrogen) atoms. The minimum atomic E-state index is -1.26. The van der Waals surface area contributed by atoms with Crippen molar-refractivity contribution in [2.45, 2.75) is 209 Å². The highest BCUT2D eigenvalue weighted by Crippen LogP contribution is 2.43. The average molecular weight is 1960 g/mol. The van der Waals surface area contributed by atoms with E-state index in [9.17, 15) is 45.9 Å². The van der Waals surface area contributed by atoms with Gasteiger partial charge in [0.15, 0.2) is 17.4 Å². The highest BCUT2D eigenvalue weighted by molar-refractivity contribution is 9.10. The van der Waals surface area contributed by atoms with Crippen LogP contribution in [0.25, 0.3) is 45.8 Å². The number of halogens is 9. The zero-order valence-electron chi connectivity index (χ0n) is 75.3. The number of aryl methyl sites for hydroxylation is 5. The molecule has 0 spiro atoms. The zero-order valence-corrected chi connectivity index (χ0v) is 80.1. The van der Waals surface area contributed by atoms with E-state index in [-0.39, 0.29) is 69.5 Å². The van der Waals surface area contributed by atoms with E-state index in [4.69, 9.17) is 22.4 Å². The standard InChI is InChI=1S/C24H24FN7O.C14H12ClFN2O.C14H13FN2O2.C13H12BrFN2.C13H13BrFNO2.C10H13N5.C8H19N.ClH/c1-14(2)32-13-27-30-23(32)19-5-4-6-22(28-19)29-24(33)17-10-21(15(3)9-18(17)25)31-11-20(26-12-31)16-7-8-16;1-8-4-11(16)10(14(15)19)5-13(8)18-6-12(17-7-18)9-2-3-9;1-8-4-11(15)10(14(18)19)5-13(8)17-6-12(16-7-17)9-2-3-9;1-8-4-11(15)10(14)5-13(8)17-6-12(16-7-17)9-2-3-9;1-8-4-11(15)10(14)5-12(8)16(7-17)6-13(18)9-2-3-9;1-7(2)15-6-12-14-10(15)8-4-3-5-9(11)13-8;1-6-9(7(2)3)8(4)5;/h4-6,9-14,16H,7-8H2,1-3H3,(H,28,29,33);4-7,9H,2-3H2,1H3;4-7,9H,2-3H2,1H3,(H,18,19);4-7,9H,2-3H2,1H3;4-5,7,9H,2-3,6H2,1H3;3-7H,1-2H3,(H2,11,13);7-8H,6H2,1-5H3;1H. The number of amides is 2. The molecule has 8 heterocycles. The Kier molecular flexibility index (Phi) is 33.8.